The SMILES string of the molecule is CCN(C(=O)OCc1ccccc1)C1(C(=O)O)CC(C(C)C)C1. The third-order valence-electron chi connectivity index (χ3n) is 4.80. The fourth-order valence-corrected chi connectivity index (χ4v) is 3.19. The number of amides is 1. The van der Waals surface area contributed by atoms with Gasteiger partial charge in [-0.15, -0.1) is 0 Å². The molecular formula is C18H25NO4. The van der Waals surface area contributed by atoms with Gasteiger partial charge < -0.3 is 9.84 Å². The van der Waals surface area contributed by atoms with Gasteiger partial charge in [-0.05, 0) is 37.2 Å². The minimum absolute atomic E-state index is 0.152. The van der Waals surface area contributed by atoms with Crippen molar-refractivity contribution in [2.75, 3.05) is 6.54 Å². The van der Waals surface area contributed by atoms with Crippen LogP contribution >= 0.6 is 0 Å². The summed E-state index contributed by atoms with van der Waals surface area (Å²) in [7, 11) is 0. The molecule has 0 aromatic heterocycles. The number of carboxylic acid groups (broad SMARTS) is 1. The lowest BCUT2D eigenvalue weighted by atomic mass is 9.63. The number of hydrogen-bond donors (Lipinski definition) is 1. The van der Waals surface area contributed by atoms with Crippen LogP contribution in [0.3, 0.4) is 0 Å². The number of carbonyl (C=O) groups is 2. The summed E-state index contributed by atoms with van der Waals surface area (Å²) in [6.45, 7) is 6.43. The third kappa shape index (κ3) is 3.49. The van der Waals surface area contributed by atoms with Crippen LogP contribution in [0.2, 0.25) is 0 Å². The van der Waals surface area contributed by atoms with E-state index in [0.29, 0.717) is 31.2 Å². The molecule has 0 unspecified atom stereocenters. The highest BCUT2D eigenvalue weighted by molar-refractivity contribution is 5.85. The molecule has 1 N–H and O–H groups in total. The van der Waals surface area contributed by atoms with Crippen LogP contribution in [0.1, 0.15) is 39.2 Å². The fourth-order valence-electron chi connectivity index (χ4n) is 3.19. The Labute approximate surface area is 137 Å². The van der Waals surface area contributed by atoms with Gasteiger partial charge in [-0.25, -0.2) is 9.59 Å². The van der Waals surface area contributed by atoms with Crippen LogP contribution in [0, 0.1) is 11.8 Å². The Morgan fingerprint density at radius 1 is 1.30 bits per heavy atom. The summed E-state index contributed by atoms with van der Waals surface area (Å²) in [5.74, 6) is -0.184. The highest BCUT2D eigenvalue weighted by Gasteiger charge is 2.56. The van der Waals surface area contributed by atoms with Crippen LogP contribution in [0.5, 0.6) is 0 Å². The standard InChI is InChI=1S/C18H25NO4/c1-4-19(17(22)23-12-14-8-6-5-7-9-14)18(16(20)21)10-15(11-18)13(2)3/h5-9,13,15H,4,10-12H2,1-3H3,(H,20,21). The maximum atomic E-state index is 12.4. The third-order valence-corrected chi connectivity index (χ3v) is 4.80. The zero-order valence-corrected chi connectivity index (χ0v) is 14.0. The molecule has 0 atom stereocenters. The fraction of sp³-hybridized carbons (Fsp3) is 0.556. The van der Waals surface area contributed by atoms with Gasteiger partial charge in [0, 0.05) is 6.54 Å². The van der Waals surface area contributed by atoms with Gasteiger partial charge in [0.25, 0.3) is 0 Å². The van der Waals surface area contributed by atoms with Gasteiger partial charge in [0.1, 0.15) is 12.1 Å². The quantitative estimate of drug-likeness (QED) is 0.871. The van der Waals surface area contributed by atoms with Gasteiger partial charge in [0.05, 0.1) is 0 Å². The molecule has 5 nitrogen and oxygen atoms in total. The van der Waals surface area contributed by atoms with Crippen molar-refractivity contribution in [3.8, 4) is 0 Å². The number of carbonyl (C=O) groups excluding carboxylic acids is 1. The lowest BCUT2D eigenvalue weighted by Crippen LogP contribution is -2.64. The maximum Gasteiger partial charge on any atom is 0.411 e. The minimum Gasteiger partial charge on any atom is -0.479 e. The molecule has 23 heavy (non-hydrogen) atoms. The second-order valence-electron chi connectivity index (χ2n) is 6.53. The second-order valence-corrected chi connectivity index (χ2v) is 6.53. The number of ether oxygens (including phenoxy) is 1. The predicted octanol–water partition coefficient (Wildman–Crippen LogP) is 3.53. The van der Waals surface area contributed by atoms with Crippen LogP contribution in [-0.2, 0) is 16.1 Å². The highest BCUT2D eigenvalue weighted by Crippen LogP contribution is 2.46. The Balaban J connectivity index is 2.05. The number of carboxylic acids is 1. The topological polar surface area (TPSA) is 66.8 Å². The molecule has 1 saturated carbocycles. The molecule has 1 amide bonds. The Hall–Kier alpha value is -2.04. The highest BCUT2D eigenvalue weighted by atomic mass is 16.6. The van der Waals surface area contributed by atoms with Crippen molar-refractivity contribution in [1.29, 1.82) is 0 Å². The van der Waals surface area contributed by atoms with E-state index in [1.165, 1.54) is 4.90 Å². The Morgan fingerprint density at radius 3 is 2.39 bits per heavy atom. The first-order valence-electron chi connectivity index (χ1n) is 8.12. The van der Waals surface area contributed by atoms with Gasteiger partial charge >= 0.3 is 12.1 Å². The molecule has 126 valence electrons. The maximum absolute atomic E-state index is 12.4. The molecule has 2 rings (SSSR count). The summed E-state index contributed by atoms with van der Waals surface area (Å²) >= 11 is 0. The van der Waals surface area contributed by atoms with E-state index in [9.17, 15) is 14.7 Å². The van der Waals surface area contributed by atoms with E-state index in [-0.39, 0.29) is 6.61 Å². The van der Waals surface area contributed by atoms with E-state index in [0.717, 1.165) is 5.56 Å². The van der Waals surface area contributed by atoms with Crippen molar-refractivity contribution in [3.63, 3.8) is 0 Å². The smallest absolute Gasteiger partial charge is 0.411 e. The zero-order chi connectivity index (χ0) is 17.0. The van der Waals surface area contributed by atoms with E-state index in [4.69, 9.17) is 4.74 Å². The van der Waals surface area contributed by atoms with Gasteiger partial charge in [0.15, 0.2) is 0 Å². The number of rotatable bonds is 6. The summed E-state index contributed by atoms with van der Waals surface area (Å²) in [5.41, 5.74) is -0.229. The Kier molecular flexibility index (Phi) is 5.29. The number of likely N-dealkylation sites (N-methyl/N-ethyl adjacent to an activating group) is 1. The van der Waals surface area contributed by atoms with Gasteiger partial charge in [-0.1, -0.05) is 44.2 Å². The van der Waals surface area contributed by atoms with Crippen LogP contribution < -0.4 is 0 Å². The lowest BCUT2D eigenvalue weighted by molar-refractivity contribution is -0.162. The molecule has 1 aliphatic rings. The van der Waals surface area contributed by atoms with E-state index in [1.807, 2.05) is 30.3 Å². The van der Waals surface area contributed by atoms with Gasteiger partial charge in [-0.2, -0.15) is 0 Å². The summed E-state index contributed by atoms with van der Waals surface area (Å²) in [5, 5.41) is 9.67. The largest absolute Gasteiger partial charge is 0.479 e. The van der Waals surface area contributed by atoms with Crippen molar-refractivity contribution in [2.45, 2.75) is 45.8 Å². The van der Waals surface area contributed by atoms with E-state index in [2.05, 4.69) is 13.8 Å². The molecule has 0 saturated heterocycles. The molecular weight excluding hydrogens is 294 g/mol. The van der Waals surface area contributed by atoms with E-state index >= 15 is 0 Å². The van der Waals surface area contributed by atoms with Gasteiger partial charge in [-0.3, -0.25) is 4.90 Å². The van der Waals surface area contributed by atoms with Crippen LogP contribution in [0.15, 0.2) is 30.3 Å². The molecule has 0 bridgehead atoms. The normalized spacial score (nSPS) is 23.2. The number of nitrogens with zero attached hydrogens (tertiary/aromatic N) is 1. The summed E-state index contributed by atoms with van der Waals surface area (Å²) < 4.78 is 5.33. The monoisotopic (exact) mass is 319 g/mol. The number of hydrogen-bond acceptors (Lipinski definition) is 3. The average molecular weight is 319 g/mol. The van der Waals surface area contributed by atoms with E-state index in [1.54, 1.807) is 6.92 Å². The molecule has 1 aromatic carbocycles. The summed E-state index contributed by atoms with van der Waals surface area (Å²) in [4.78, 5) is 25.6. The molecule has 0 heterocycles. The first-order chi connectivity index (χ1) is 10.9. The molecule has 0 spiro atoms. The molecule has 1 fully saturated rings. The van der Waals surface area contributed by atoms with Crippen molar-refractivity contribution >= 4 is 12.1 Å². The van der Waals surface area contributed by atoms with Crippen molar-refractivity contribution in [3.05, 3.63) is 35.9 Å². The van der Waals surface area contributed by atoms with Crippen LogP contribution in [0.25, 0.3) is 0 Å². The second kappa shape index (κ2) is 7.02. The van der Waals surface area contributed by atoms with Gasteiger partial charge in [0.2, 0.25) is 0 Å². The van der Waals surface area contributed by atoms with Crippen LogP contribution in [-0.4, -0.2) is 34.2 Å². The summed E-state index contributed by atoms with van der Waals surface area (Å²) in [6.07, 6.45) is 0.434. The lowest BCUT2D eigenvalue weighted by Gasteiger charge is -2.51. The molecule has 0 radical (unpaired) electrons. The first-order valence-corrected chi connectivity index (χ1v) is 8.12. The zero-order valence-electron chi connectivity index (χ0n) is 14.0. The minimum atomic E-state index is -1.11. The Morgan fingerprint density at radius 2 is 1.91 bits per heavy atom. The average Bonchev–Trinajstić information content (AvgIpc) is 2.48. The van der Waals surface area contributed by atoms with E-state index < -0.39 is 17.6 Å². The van der Waals surface area contributed by atoms with Crippen molar-refractivity contribution in [2.24, 2.45) is 11.8 Å². The Bertz CT molecular complexity index is 549. The van der Waals surface area contributed by atoms with Crippen molar-refractivity contribution in [1.82, 2.24) is 4.90 Å². The van der Waals surface area contributed by atoms with Crippen LogP contribution in [0.4, 0.5) is 4.79 Å². The number of aliphatic carboxylic acids is 1. The predicted molar refractivity (Wildman–Crippen MR) is 86.9 cm³/mol. The molecule has 1 aromatic rings. The first kappa shape index (κ1) is 17.3. The molecule has 5 heteroatoms. The van der Waals surface area contributed by atoms with Crippen molar-refractivity contribution < 1.29 is 19.4 Å². The molecule has 1 aliphatic carbocycles. The summed E-state index contributed by atoms with van der Waals surface area (Å²) in [6, 6.07) is 9.38. The number of benzene rings is 1. The molecule has 0 aliphatic heterocycles.